The van der Waals surface area contributed by atoms with E-state index in [1.54, 1.807) is 0 Å². The fraction of sp³-hybridized carbons (Fsp3) is 0. The number of nitrogens with one attached hydrogen (secondary N) is 2. The monoisotopic (exact) mass is 286 g/mol. The van der Waals surface area contributed by atoms with E-state index in [-0.39, 0.29) is 0 Å². The average Bonchev–Trinajstić information content (AvgIpc) is 3.10. The van der Waals surface area contributed by atoms with Crippen LogP contribution in [0.15, 0.2) is 73.2 Å². The van der Waals surface area contributed by atoms with Crippen LogP contribution in [0.5, 0.6) is 0 Å². The van der Waals surface area contributed by atoms with E-state index in [1.165, 1.54) is 0 Å². The van der Waals surface area contributed by atoms with E-state index in [9.17, 15) is 0 Å². The Bertz CT molecular complexity index is 891. The molecule has 0 unspecified atom stereocenters. The van der Waals surface area contributed by atoms with Crippen molar-refractivity contribution in [2.24, 2.45) is 0 Å². The molecule has 2 heterocycles. The second-order valence-electron chi connectivity index (χ2n) is 5.06. The van der Waals surface area contributed by atoms with Gasteiger partial charge in [-0.15, -0.1) is 0 Å². The van der Waals surface area contributed by atoms with Crippen LogP contribution in [0.1, 0.15) is 0 Å². The van der Waals surface area contributed by atoms with Gasteiger partial charge in [-0.2, -0.15) is 5.10 Å². The Kier molecular flexibility index (Phi) is 3.05. The first-order valence-corrected chi connectivity index (χ1v) is 7.10. The van der Waals surface area contributed by atoms with Gasteiger partial charge in [-0.25, -0.2) is 0 Å². The summed E-state index contributed by atoms with van der Waals surface area (Å²) in [4.78, 5) is 4.38. The molecule has 0 aliphatic rings. The molecule has 106 valence electrons. The van der Waals surface area contributed by atoms with Crippen molar-refractivity contribution in [2.45, 2.75) is 0 Å². The molecule has 4 heteroatoms. The van der Waals surface area contributed by atoms with Gasteiger partial charge in [0, 0.05) is 34.7 Å². The number of aromatic amines is 1. The Morgan fingerprint density at radius 1 is 0.864 bits per heavy atom. The van der Waals surface area contributed by atoms with Crippen LogP contribution in [0, 0.1) is 0 Å². The van der Waals surface area contributed by atoms with E-state index in [2.05, 4.69) is 50.8 Å². The predicted octanol–water partition coefficient (Wildman–Crippen LogP) is 4.37. The molecule has 2 N–H and O–H groups in total. The zero-order valence-corrected chi connectivity index (χ0v) is 11.8. The van der Waals surface area contributed by atoms with Gasteiger partial charge in [0.25, 0.3) is 0 Å². The summed E-state index contributed by atoms with van der Waals surface area (Å²) in [6, 6.07) is 18.4. The number of pyridine rings is 1. The van der Waals surface area contributed by atoms with Crippen LogP contribution in [0.2, 0.25) is 0 Å². The van der Waals surface area contributed by atoms with Crippen molar-refractivity contribution < 1.29 is 0 Å². The number of nitrogens with zero attached hydrogens (tertiary/aromatic N) is 2. The summed E-state index contributed by atoms with van der Waals surface area (Å²) in [5.74, 6) is 0. The highest BCUT2D eigenvalue weighted by Crippen LogP contribution is 2.26. The topological polar surface area (TPSA) is 53.6 Å². The minimum Gasteiger partial charge on any atom is -0.355 e. The number of hydrogen-bond donors (Lipinski definition) is 2. The molecule has 0 saturated heterocycles. The third-order valence-corrected chi connectivity index (χ3v) is 3.64. The third kappa shape index (κ3) is 2.31. The van der Waals surface area contributed by atoms with Crippen molar-refractivity contribution in [2.75, 3.05) is 5.32 Å². The molecule has 0 aliphatic heterocycles. The molecule has 0 saturated carbocycles. The van der Waals surface area contributed by atoms with Gasteiger partial charge in [-0.3, -0.25) is 10.1 Å². The number of anilines is 2. The lowest BCUT2D eigenvalue weighted by Crippen LogP contribution is -1.92. The number of hydrogen-bond acceptors (Lipinski definition) is 3. The van der Waals surface area contributed by atoms with E-state index in [0.29, 0.717) is 0 Å². The number of benzene rings is 2. The molecule has 0 aliphatic carbocycles. The van der Waals surface area contributed by atoms with Gasteiger partial charge in [0.1, 0.15) is 0 Å². The Hall–Kier alpha value is -3.14. The Morgan fingerprint density at radius 2 is 1.73 bits per heavy atom. The van der Waals surface area contributed by atoms with Gasteiger partial charge < -0.3 is 5.32 Å². The summed E-state index contributed by atoms with van der Waals surface area (Å²) in [6.45, 7) is 0. The highest BCUT2D eigenvalue weighted by atomic mass is 15.1. The minimum atomic E-state index is 0.988. The summed E-state index contributed by atoms with van der Waals surface area (Å²) >= 11 is 0. The Morgan fingerprint density at radius 3 is 2.55 bits per heavy atom. The zero-order valence-electron chi connectivity index (χ0n) is 11.8. The molecule has 4 nitrogen and oxygen atoms in total. The second kappa shape index (κ2) is 5.33. The smallest absolute Gasteiger partial charge is 0.0722 e. The lowest BCUT2D eigenvalue weighted by Gasteiger charge is -2.09. The van der Waals surface area contributed by atoms with Crippen molar-refractivity contribution in [3.05, 3.63) is 73.2 Å². The number of para-hydroxylation sites is 1. The zero-order chi connectivity index (χ0) is 14.8. The van der Waals surface area contributed by atoms with Gasteiger partial charge in [0.2, 0.25) is 0 Å². The quantitative estimate of drug-likeness (QED) is 0.588. The molecule has 0 bridgehead atoms. The summed E-state index contributed by atoms with van der Waals surface area (Å²) in [6.07, 6.45) is 5.53. The lowest BCUT2D eigenvalue weighted by molar-refractivity contribution is 1.09. The molecule has 0 radical (unpaired) electrons. The van der Waals surface area contributed by atoms with E-state index in [1.807, 2.05) is 42.9 Å². The van der Waals surface area contributed by atoms with Crippen LogP contribution in [0.3, 0.4) is 0 Å². The first-order valence-electron chi connectivity index (χ1n) is 7.10. The van der Waals surface area contributed by atoms with Gasteiger partial charge in [0.15, 0.2) is 0 Å². The van der Waals surface area contributed by atoms with E-state index in [4.69, 9.17) is 0 Å². The molecular weight excluding hydrogens is 272 g/mol. The van der Waals surface area contributed by atoms with Gasteiger partial charge >= 0.3 is 0 Å². The van der Waals surface area contributed by atoms with E-state index >= 15 is 0 Å². The normalized spacial score (nSPS) is 10.7. The van der Waals surface area contributed by atoms with Crippen LogP contribution in [0.25, 0.3) is 22.0 Å². The van der Waals surface area contributed by atoms with E-state index < -0.39 is 0 Å². The van der Waals surface area contributed by atoms with Gasteiger partial charge in [0.05, 0.1) is 11.7 Å². The molecule has 0 fully saturated rings. The summed E-state index contributed by atoms with van der Waals surface area (Å²) in [5, 5.41) is 11.4. The number of aromatic nitrogens is 3. The third-order valence-electron chi connectivity index (χ3n) is 3.64. The molecular formula is C18H14N4. The summed E-state index contributed by atoms with van der Waals surface area (Å²) in [7, 11) is 0. The van der Waals surface area contributed by atoms with Crippen LogP contribution in [0.4, 0.5) is 11.4 Å². The fourth-order valence-electron chi connectivity index (χ4n) is 2.52. The van der Waals surface area contributed by atoms with Crippen molar-refractivity contribution in [1.82, 2.24) is 15.2 Å². The Balaban J connectivity index is 1.65. The Labute approximate surface area is 127 Å². The number of rotatable bonds is 3. The largest absolute Gasteiger partial charge is 0.355 e. The molecule has 4 aromatic rings. The molecule has 0 amide bonds. The van der Waals surface area contributed by atoms with Crippen LogP contribution < -0.4 is 5.32 Å². The molecule has 0 spiro atoms. The van der Waals surface area contributed by atoms with Crippen LogP contribution in [-0.2, 0) is 0 Å². The molecule has 2 aromatic carbocycles. The predicted molar refractivity (Wildman–Crippen MR) is 89.0 cm³/mol. The summed E-state index contributed by atoms with van der Waals surface area (Å²) < 4.78 is 0. The lowest BCUT2D eigenvalue weighted by atomic mass is 10.1. The molecule has 0 atom stereocenters. The number of H-pyrrole nitrogens is 1. The molecule has 2 aromatic heterocycles. The highest BCUT2D eigenvalue weighted by Gasteiger charge is 2.03. The van der Waals surface area contributed by atoms with Crippen molar-refractivity contribution in [3.8, 4) is 11.1 Å². The van der Waals surface area contributed by atoms with E-state index in [0.717, 1.165) is 33.4 Å². The SMILES string of the molecule is c1ccc2c(Nc3ccc(-c4cn[nH]c4)cc3)ccnc2c1. The molecule has 22 heavy (non-hydrogen) atoms. The number of fused-ring (bicyclic) bond motifs is 1. The standard InChI is InChI=1S/C18H14N4/c1-2-4-17-16(3-1)18(9-10-19-17)22-15-7-5-13(6-8-15)14-11-20-21-12-14/h1-12H,(H,19,22)(H,20,21). The van der Waals surface area contributed by atoms with Crippen molar-refractivity contribution in [3.63, 3.8) is 0 Å². The maximum Gasteiger partial charge on any atom is 0.0722 e. The van der Waals surface area contributed by atoms with Crippen molar-refractivity contribution >= 4 is 22.3 Å². The van der Waals surface area contributed by atoms with Crippen LogP contribution >= 0.6 is 0 Å². The summed E-state index contributed by atoms with van der Waals surface area (Å²) in [5.41, 5.74) is 5.31. The average molecular weight is 286 g/mol. The fourth-order valence-corrected chi connectivity index (χ4v) is 2.52. The van der Waals surface area contributed by atoms with Gasteiger partial charge in [-0.1, -0.05) is 30.3 Å². The maximum absolute atomic E-state index is 4.38. The van der Waals surface area contributed by atoms with Crippen molar-refractivity contribution in [1.29, 1.82) is 0 Å². The highest BCUT2D eigenvalue weighted by molar-refractivity contribution is 5.92. The first kappa shape index (κ1) is 12.6. The maximum atomic E-state index is 4.38. The van der Waals surface area contributed by atoms with Crippen LogP contribution in [-0.4, -0.2) is 15.2 Å². The second-order valence-corrected chi connectivity index (χ2v) is 5.06. The minimum absolute atomic E-state index is 0.988. The first-order chi connectivity index (χ1) is 10.9. The van der Waals surface area contributed by atoms with Gasteiger partial charge in [-0.05, 0) is 29.8 Å². The molecule has 4 rings (SSSR count).